The van der Waals surface area contributed by atoms with Crippen molar-refractivity contribution in [2.45, 2.75) is 6.92 Å². The van der Waals surface area contributed by atoms with Crippen molar-refractivity contribution in [1.82, 2.24) is 10.3 Å². The van der Waals surface area contributed by atoms with Crippen LogP contribution in [0.2, 0.25) is 0 Å². The number of nitrogens with zero attached hydrogens (tertiary/aromatic N) is 2. The van der Waals surface area contributed by atoms with E-state index in [1.165, 1.54) is 31.4 Å². The van der Waals surface area contributed by atoms with Crippen LogP contribution in [-0.4, -0.2) is 22.9 Å². The van der Waals surface area contributed by atoms with Crippen molar-refractivity contribution in [3.05, 3.63) is 57.9 Å². The summed E-state index contributed by atoms with van der Waals surface area (Å²) in [5.41, 5.74) is 0.896. The van der Waals surface area contributed by atoms with Crippen LogP contribution in [0, 0.1) is 17.0 Å². The third-order valence-electron chi connectivity index (χ3n) is 2.80. The molecular formula is C14H13N3O4. The largest absolute Gasteiger partial charge is 0.457 e. The molecule has 1 aromatic heterocycles. The van der Waals surface area contributed by atoms with Gasteiger partial charge in [0.25, 0.3) is 11.6 Å². The smallest absolute Gasteiger partial charge is 0.273 e. The van der Waals surface area contributed by atoms with Crippen molar-refractivity contribution in [3.63, 3.8) is 0 Å². The number of ether oxygens (including phenoxy) is 1. The van der Waals surface area contributed by atoms with Crippen LogP contribution in [0.3, 0.4) is 0 Å². The number of aryl methyl sites for hydroxylation is 1. The lowest BCUT2D eigenvalue weighted by Crippen LogP contribution is -2.18. The molecule has 0 aliphatic heterocycles. The van der Waals surface area contributed by atoms with Gasteiger partial charge in [0.1, 0.15) is 17.2 Å². The van der Waals surface area contributed by atoms with Gasteiger partial charge < -0.3 is 10.1 Å². The van der Waals surface area contributed by atoms with E-state index in [0.29, 0.717) is 11.5 Å². The van der Waals surface area contributed by atoms with E-state index in [1.54, 1.807) is 19.1 Å². The molecule has 0 aliphatic rings. The van der Waals surface area contributed by atoms with Gasteiger partial charge in [-0.05, 0) is 24.6 Å². The van der Waals surface area contributed by atoms with Crippen LogP contribution in [0.25, 0.3) is 0 Å². The number of benzene rings is 1. The highest BCUT2D eigenvalue weighted by Crippen LogP contribution is 2.28. The van der Waals surface area contributed by atoms with Crippen LogP contribution in [-0.2, 0) is 0 Å². The number of amides is 1. The molecule has 0 atom stereocenters. The third kappa shape index (κ3) is 3.33. The zero-order chi connectivity index (χ0) is 15.4. The number of non-ortho nitro benzene ring substituents is 1. The molecule has 2 aromatic rings. The van der Waals surface area contributed by atoms with Crippen LogP contribution < -0.4 is 10.1 Å². The van der Waals surface area contributed by atoms with Crippen molar-refractivity contribution < 1.29 is 14.5 Å². The van der Waals surface area contributed by atoms with Gasteiger partial charge in [-0.2, -0.15) is 0 Å². The summed E-state index contributed by atoms with van der Waals surface area (Å²) < 4.78 is 5.61. The van der Waals surface area contributed by atoms with Crippen molar-refractivity contribution in [2.24, 2.45) is 0 Å². The van der Waals surface area contributed by atoms with Crippen LogP contribution in [0.1, 0.15) is 16.1 Å². The molecule has 0 fully saturated rings. The molecule has 2 rings (SSSR count). The standard InChI is InChI=1S/C14H13N3O4/c1-9-3-4-10(17(19)20)7-13(9)21-11-5-6-16-12(8-11)14(18)15-2/h3-8H,1-2H3,(H,15,18). The maximum Gasteiger partial charge on any atom is 0.273 e. The van der Waals surface area contributed by atoms with Crippen LogP contribution in [0.15, 0.2) is 36.5 Å². The highest BCUT2D eigenvalue weighted by Gasteiger charge is 2.12. The Morgan fingerprint density at radius 1 is 1.33 bits per heavy atom. The van der Waals surface area contributed by atoms with Gasteiger partial charge in [-0.1, -0.05) is 0 Å². The number of nitro groups is 1. The Labute approximate surface area is 120 Å². The first-order valence-electron chi connectivity index (χ1n) is 6.12. The molecule has 21 heavy (non-hydrogen) atoms. The Hall–Kier alpha value is -2.96. The lowest BCUT2D eigenvalue weighted by atomic mass is 10.2. The van der Waals surface area contributed by atoms with E-state index in [2.05, 4.69) is 10.3 Å². The van der Waals surface area contributed by atoms with Crippen molar-refractivity contribution in [1.29, 1.82) is 0 Å². The topological polar surface area (TPSA) is 94.4 Å². The zero-order valence-corrected chi connectivity index (χ0v) is 11.5. The highest BCUT2D eigenvalue weighted by atomic mass is 16.6. The van der Waals surface area contributed by atoms with E-state index < -0.39 is 4.92 Å². The van der Waals surface area contributed by atoms with Crippen molar-refractivity contribution in [3.8, 4) is 11.5 Å². The Morgan fingerprint density at radius 2 is 2.10 bits per heavy atom. The van der Waals surface area contributed by atoms with E-state index in [0.717, 1.165) is 5.56 Å². The predicted molar refractivity (Wildman–Crippen MR) is 75.5 cm³/mol. The van der Waals surface area contributed by atoms with Gasteiger partial charge in [-0.15, -0.1) is 0 Å². The molecule has 7 heteroatoms. The van der Waals surface area contributed by atoms with Gasteiger partial charge in [-0.25, -0.2) is 0 Å². The minimum Gasteiger partial charge on any atom is -0.457 e. The number of rotatable bonds is 4. The summed E-state index contributed by atoms with van der Waals surface area (Å²) in [4.78, 5) is 25.7. The Kier molecular flexibility index (Phi) is 4.13. The lowest BCUT2D eigenvalue weighted by Gasteiger charge is -2.09. The first-order chi connectivity index (χ1) is 10.0. The molecule has 1 N–H and O–H groups in total. The average Bonchev–Trinajstić information content (AvgIpc) is 2.48. The maximum atomic E-state index is 11.5. The van der Waals surface area contributed by atoms with Gasteiger partial charge in [0.2, 0.25) is 0 Å². The molecule has 108 valence electrons. The summed E-state index contributed by atoms with van der Waals surface area (Å²) in [6.07, 6.45) is 1.44. The number of carbonyl (C=O) groups is 1. The molecular weight excluding hydrogens is 274 g/mol. The molecule has 0 unspecified atom stereocenters. The molecule has 0 bridgehead atoms. The minimum absolute atomic E-state index is 0.0591. The lowest BCUT2D eigenvalue weighted by molar-refractivity contribution is -0.384. The predicted octanol–water partition coefficient (Wildman–Crippen LogP) is 2.45. The Morgan fingerprint density at radius 3 is 2.76 bits per heavy atom. The number of carbonyl (C=O) groups excluding carboxylic acids is 1. The minimum atomic E-state index is -0.491. The molecule has 0 saturated carbocycles. The molecule has 1 heterocycles. The third-order valence-corrected chi connectivity index (χ3v) is 2.80. The fourth-order valence-electron chi connectivity index (χ4n) is 1.67. The molecule has 0 spiro atoms. The molecule has 0 aliphatic carbocycles. The second-order valence-electron chi connectivity index (χ2n) is 4.26. The zero-order valence-electron chi connectivity index (χ0n) is 11.5. The number of hydrogen-bond donors (Lipinski definition) is 1. The number of pyridine rings is 1. The van der Waals surface area contributed by atoms with Gasteiger partial charge in [0.05, 0.1) is 11.0 Å². The monoisotopic (exact) mass is 287 g/mol. The summed E-state index contributed by atoms with van der Waals surface area (Å²) in [5, 5.41) is 13.2. The highest BCUT2D eigenvalue weighted by molar-refractivity contribution is 5.92. The second kappa shape index (κ2) is 6.00. The van der Waals surface area contributed by atoms with Crippen molar-refractivity contribution in [2.75, 3.05) is 7.05 Å². The molecule has 1 aromatic carbocycles. The number of nitro benzene ring substituents is 1. The summed E-state index contributed by atoms with van der Waals surface area (Å²) >= 11 is 0. The van der Waals surface area contributed by atoms with Gasteiger partial charge in [0.15, 0.2) is 0 Å². The van der Waals surface area contributed by atoms with Gasteiger partial charge in [-0.3, -0.25) is 19.9 Å². The maximum absolute atomic E-state index is 11.5. The molecule has 0 radical (unpaired) electrons. The Balaban J connectivity index is 2.32. The van der Waals surface area contributed by atoms with Crippen LogP contribution >= 0.6 is 0 Å². The second-order valence-corrected chi connectivity index (χ2v) is 4.26. The summed E-state index contributed by atoms with van der Waals surface area (Å²) in [6, 6.07) is 7.40. The summed E-state index contributed by atoms with van der Waals surface area (Å²) in [6.45, 7) is 1.78. The van der Waals surface area contributed by atoms with E-state index in [1.807, 2.05) is 0 Å². The fraction of sp³-hybridized carbons (Fsp3) is 0.143. The quantitative estimate of drug-likeness (QED) is 0.688. The number of nitrogens with one attached hydrogen (secondary N) is 1. The Bertz CT molecular complexity index is 700. The normalized spacial score (nSPS) is 10.0. The average molecular weight is 287 g/mol. The molecule has 0 saturated heterocycles. The number of aromatic nitrogens is 1. The van der Waals surface area contributed by atoms with Gasteiger partial charge in [0, 0.05) is 25.4 Å². The van der Waals surface area contributed by atoms with Gasteiger partial charge >= 0.3 is 0 Å². The van der Waals surface area contributed by atoms with E-state index >= 15 is 0 Å². The van der Waals surface area contributed by atoms with E-state index in [4.69, 9.17) is 4.74 Å². The van der Waals surface area contributed by atoms with E-state index in [9.17, 15) is 14.9 Å². The summed E-state index contributed by atoms with van der Waals surface area (Å²) in [7, 11) is 1.50. The summed E-state index contributed by atoms with van der Waals surface area (Å²) in [5.74, 6) is 0.404. The fourth-order valence-corrected chi connectivity index (χ4v) is 1.67. The van der Waals surface area contributed by atoms with Crippen LogP contribution in [0.4, 0.5) is 5.69 Å². The SMILES string of the molecule is CNC(=O)c1cc(Oc2cc([N+](=O)[O-])ccc2C)ccn1. The molecule has 7 nitrogen and oxygen atoms in total. The van der Waals surface area contributed by atoms with Crippen molar-refractivity contribution >= 4 is 11.6 Å². The first-order valence-corrected chi connectivity index (χ1v) is 6.12. The number of hydrogen-bond acceptors (Lipinski definition) is 5. The van der Waals surface area contributed by atoms with E-state index in [-0.39, 0.29) is 17.3 Å². The first kappa shape index (κ1) is 14.4. The van der Waals surface area contributed by atoms with Crippen LogP contribution in [0.5, 0.6) is 11.5 Å². The molecule has 1 amide bonds.